The minimum Gasteiger partial charge on any atom is -0.347 e. The summed E-state index contributed by atoms with van der Waals surface area (Å²) in [5, 5.41) is 1.42. The Morgan fingerprint density at radius 2 is 2.09 bits per heavy atom. The molecule has 1 N–H and O–H groups in total. The summed E-state index contributed by atoms with van der Waals surface area (Å²) >= 11 is 1.24. The molecule has 1 aromatic carbocycles. The van der Waals surface area contributed by atoms with Crippen molar-refractivity contribution < 1.29 is 4.79 Å². The van der Waals surface area contributed by atoms with Crippen LogP contribution in [0.2, 0.25) is 0 Å². The van der Waals surface area contributed by atoms with E-state index >= 15 is 0 Å². The first kappa shape index (κ1) is 14.6. The van der Waals surface area contributed by atoms with E-state index in [1.807, 2.05) is 42.8 Å². The van der Waals surface area contributed by atoms with Gasteiger partial charge in [-0.3, -0.25) is 9.59 Å². The fourth-order valence-electron chi connectivity index (χ4n) is 2.50. The number of nitrogens with one attached hydrogen (secondary N) is 1. The molecule has 3 aromatic rings. The molecule has 2 aromatic heterocycles. The van der Waals surface area contributed by atoms with Crippen LogP contribution < -0.4 is 5.56 Å². The molecular weight excluding hydrogens is 298 g/mol. The highest BCUT2D eigenvalue weighted by molar-refractivity contribution is 7.99. The van der Waals surface area contributed by atoms with E-state index in [9.17, 15) is 9.59 Å². The molecule has 112 valence electrons. The average Bonchev–Trinajstić information content (AvgIpc) is 2.77. The van der Waals surface area contributed by atoms with Crippen molar-refractivity contribution in [3.63, 3.8) is 0 Å². The lowest BCUT2D eigenvalue weighted by atomic mass is 10.1. The number of ketones is 1. The van der Waals surface area contributed by atoms with Gasteiger partial charge >= 0.3 is 0 Å². The fraction of sp³-hybridized carbons (Fsp3) is 0.188. The lowest BCUT2D eigenvalue weighted by molar-refractivity contribution is 0.102. The van der Waals surface area contributed by atoms with E-state index in [4.69, 9.17) is 0 Å². The van der Waals surface area contributed by atoms with Crippen LogP contribution in [-0.4, -0.2) is 26.1 Å². The molecule has 22 heavy (non-hydrogen) atoms. The molecule has 0 fully saturated rings. The minimum absolute atomic E-state index is 0.0332. The van der Waals surface area contributed by atoms with Crippen LogP contribution in [0.25, 0.3) is 10.9 Å². The van der Waals surface area contributed by atoms with Crippen LogP contribution in [0.15, 0.2) is 46.5 Å². The van der Waals surface area contributed by atoms with E-state index in [1.54, 1.807) is 0 Å². The number of aromatic nitrogens is 3. The lowest BCUT2D eigenvalue weighted by Gasteiger charge is -2.02. The Labute approximate surface area is 131 Å². The Bertz CT molecular complexity index is 911. The lowest BCUT2D eigenvalue weighted by Crippen LogP contribution is -2.08. The number of nitrogens with zero attached hydrogens (tertiary/aromatic N) is 2. The van der Waals surface area contributed by atoms with Crippen molar-refractivity contribution >= 4 is 28.4 Å². The van der Waals surface area contributed by atoms with Gasteiger partial charge in [0.2, 0.25) is 0 Å². The van der Waals surface area contributed by atoms with Crippen LogP contribution in [-0.2, 0) is 7.05 Å². The number of carbonyl (C=O) groups is 1. The number of thioether (sulfide) groups is 1. The van der Waals surface area contributed by atoms with E-state index in [1.165, 1.54) is 24.0 Å². The van der Waals surface area contributed by atoms with Gasteiger partial charge in [0.1, 0.15) is 0 Å². The predicted molar refractivity (Wildman–Crippen MR) is 87.6 cm³/mol. The van der Waals surface area contributed by atoms with Crippen molar-refractivity contribution in [2.24, 2.45) is 7.05 Å². The second-order valence-corrected chi connectivity index (χ2v) is 5.95. The van der Waals surface area contributed by atoms with Gasteiger partial charge in [0.25, 0.3) is 5.56 Å². The Kier molecular flexibility index (Phi) is 3.85. The summed E-state index contributed by atoms with van der Waals surface area (Å²) in [4.78, 5) is 30.5. The molecular formula is C16H15N3O2S. The van der Waals surface area contributed by atoms with Gasteiger partial charge in [-0.05, 0) is 13.0 Å². The Balaban J connectivity index is 1.90. The molecule has 6 heteroatoms. The van der Waals surface area contributed by atoms with E-state index in [0.717, 1.165) is 22.2 Å². The fourth-order valence-corrected chi connectivity index (χ4v) is 3.22. The van der Waals surface area contributed by atoms with Crippen LogP contribution >= 0.6 is 11.8 Å². The van der Waals surface area contributed by atoms with Gasteiger partial charge in [0, 0.05) is 41.5 Å². The van der Waals surface area contributed by atoms with Crippen LogP contribution in [0.5, 0.6) is 0 Å². The highest BCUT2D eigenvalue weighted by atomic mass is 32.2. The molecule has 0 bridgehead atoms. The van der Waals surface area contributed by atoms with Crippen molar-refractivity contribution in [3.05, 3.63) is 58.1 Å². The van der Waals surface area contributed by atoms with Crippen molar-refractivity contribution in [2.75, 3.05) is 5.75 Å². The normalized spacial score (nSPS) is 11.0. The van der Waals surface area contributed by atoms with Gasteiger partial charge in [-0.1, -0.05) is 30.0 Å². The third-order valence-electron chi connectivity index (χ3n) is 3.67. The predicted octanol–water partition coefficient (Wildman–Crippen LogP) is 2.55. The topological polar surface area (TPSA) is 67.8 Å². The molecule has 3 rings (SSSR count). The Morgan fingerprint density at radius 1 is 1.32 bits per heavy atom. The second kappa shape index (κ2) is 5.81. The van der Waals surface area contributed by atoms with Gasteiger partial charge in [-0.25, -0.2) is 4.98 Å². The van der Waals surface area contributed by atoms with Gasteiger partial charge in [-0.2, -0.15) is 0 Å². The number of carbonyl (C=O) groups excluding carboxylic acids is 1. The number of aryl methyl sites for hydroxylation is 1. The first-order valence-electron chi connectivity index (χ1n) is 6.83. The quantitative estimate of drug-likeness (QED) is 0.456. The van der Waals surface area contributed by atoms with E-state index in [0.29, 0.717) is 5.16 Å². The molecule has 0 aliphatic heterocycles. The van der Waals surface area contributed by atoms with Gasteiger partial charge in [-0.15, -0.1) is 0 Å². The maximum absolute atomic E-state index is 12.6. The zero-order valence-electron chi connectivity index (χ0n) is 12.3. The average molecular weight is 313 g/mol. The molecule has 0 amide bonds. The summed E-state index contributed by atoms with van der Waals surface area (Å²) in [7, 11) is 1.96. The zero-order valence-corrected chi connectivity index (χ0v) is 13.1. The van der Waals surface area contributed by atoms with Gasteiger partial charge in [0.15, 0.2) is 10.9 Å². The maximum Gasteiger partial charge on any atom is 0.251 e. The van der Waals surface area contributed by atoms with E-state index in [2.05, 4.69) is 9.97 Å². The summed E-state index contributed by atoms with van der Waals surface area (Å²) in [6.45, 7) is 1.94. The number of aromatic amines is 1. The smallest absolute Gasteiger partial charge is 0.251 e. The number of para-hydroxylation sites is 1. The SMILES string of the molecule is Cc1c(C(=O)CSc2nccc(=O)[nH]2)c2ccccc2n1C. The van der Waals surface area contributed by atoms with Crippen LogP contribution in [0.1, 0.15) is 16.1 Å². The number of hydrogen-bond acceptors (Lipinski definition) is 4. The first-order valence-corrected chi connectivity index (χ1v) is 7.82. The zero-order chi connectivity index (χ0) is 15.7. The number of Topliss-reactive ketones (excluding diaryl/α,β-unsaturated/α-hetero) is 1. The number of rotatable bonds is 4. The molecule has 0 atom stereocenters. The van der Waals surface area contributed by atoms with Gasteiger partial charge < -0.3 is 9.55 Å². The van der Waals surface area contributed by atoms with Crippen molar-refractivity contribution in [3.8, 4) is 0 Å². The molecule has 0 saturated heterocycles. The molecule has 0 radical (unpaired) electrons. The number of hydrogen-bond donors (Lipinski definition) is 1. The Morgan fingerprint density at radius 3 is 2.86 bits per heavy atom. The summed E-state index contributed by atoms with van der Waals surface area (Å²) in [6, 6.07) is 9.21. The molecule has 2 heterocycles. The van der Waals surface area contributed by atoms with E-state index < -0.39 is 0 Å². The minimum atomic E-state index is -0.216. The third kappa shape index (κ3) is 2.57. The highest BCUT2D eigenvalue weighted by Crippen LogP contribution is 2.26. The maximum atomic E-state index is 12.6. The first-order chi connectivity index (χ1) is 10.6. The number of fused-ring (bicyclic) bond motifs is 1. The van der Waals surface area contributed by atoms with Crippen molar-refractivity contribution in [1.29, 1.82) is 0 Å². The summed E-state index contributed by atoms with van der Waals surface area (Å²) in [6.07, 6.45) is 1.44. The Hall–Kier alpha value is -2.34. The summed E-state index contributed by atoms with van der Waals surface area (Å²) < 4.78 is 2.02. The van der Waals surface area contributed by atoms with Crippen LogP contribution in [0, 0.1) is 6.92 Å². The molecule has 0 aliphatic rings. The monoisotopic (exact) mass is 313 g/mol. The summed E-state index contributed by atoms with van der Waals surface area (Å²) in [5.74, 6) is 0.271. The molecule has 0 unspecified atom stereocenters. The van der Waals surface area contributed by atoms with Gasteiger partial charge in [0.05, 0.1) is 5.75 Å². The highest BCUT2D eigenvalue weighted by Gasteiger charge is 2.18. The number of H-pyrrole nitrogens is 1. The summed E-state index contributed by atoms with van der Waals surface area (Å²) in [5.41, 5.74) is 2.51. The second-order valence-electron chi connectivity index (χ2n) is 4.99. The largest absolute Gasteiger partial charge is 0.347 e. The molecule has 0 aliphatic carbocycles. The molecule has 0 spiro atoms. The van der Waals surface area contributed by atoms with Crippen LogP contribution in [0.3, 0.4) is 0 Å². The third-order valence-corrected chi connectivity index (χ3v) is 4.55. The van der Waals surface area contributed by atoms with E-state index in [-0.39, 0.29) is 17.1 Å². The van der Waals surface area contributed by atoms with Crippen LogP contribution in [0.4, 0.5) is 0 Å². The molecule has 0 saturated carbocycles. The number of benzene rings is 1. The van der Waals surface area contributed by atoms with Crippen molar-refractivity contribution in [2.45, 2.75) is 12.1 Å². The molecule has 5 nitrogen and oxygen atoms in total. The standard InChI is InChI=1S/C16H15N3O2S/c1-10-15(11-5-3-4-6-12(11)19(10)2)13(20)9-22-16-17-8-7-14(21)18-16/h3-8H,9H2,1-2H3,(H,17,18,21). The van der Waals surface area contributed by atoms with Crippen molar-refractivity contribution in [1.82, 2.24) is 14.5 Å².